The van der Waals surface area contributed by atoms with Crippen LogP contribution in [-0.4, -0.2) is 54.3 Å². The summed E-state index contributed by atoms with van der Waals surface area (Å²) in [5.41, 5.74) is 0. The minimum Gasteiger partial charge on any atom is -0.378 e. The van der Waals surface area contributed by atoms with Crippen LogP contribution >= 0.6 is 11.8 Å². The van der Waals surface area contributed by atoms with Gasteiger partial charge >= 0.3 is 6.03 Å². The number of nitrogens with one attached hydrogen (secondary N) is 1. The van der Waals surface area contributed by atoms with Gasteiger partial charge in [-0.3, -0.25) is 0 Å². The Morgan fingerprint density at radius 3 is 3.05 bits per heavy atom. The van der Waals surface area contributed by atoms with Crippen molar-refractivity contribution < 1.29 is 9.53 Å². The SMILES string of the molecule is CC(C)[C@@H]1CN(C(=O)NCC[C@H]2CCCO2)CCS1. The molecule has 2 fully saturated rings. The van der Waals surface area contributed by atoms with Gasteiger partial charge in [0.2, 0.25) is 0 Å². The van der Waals surface area contributed by atoms with E-state index in [9.17, 15) is 4.79 Å². The molecule has 0 radical (unpaired) electrons. The van der Waals surface area contributed by atoms with E-state index in [-0.39, 0.29) is 6.03 Å². The molecule has 2 amide bonds. The fraction of sp³-hybridized carbons (Fsp3) is 0.929. The lowest BCUT2D eigenvalue weighted by atomic mass is 10.1. The summed E-state index contributed by atoms with van der Waals surface area (Å²) in [7, 11) is 0. The van der Waals surface area contributed by atoms with Gasteiger partial charge in [0.1, 0.15) is 0 Å². The second-order valence-electron chi connectivity index (χ2n) is 5.75. The van der Waals surface area contributed by atoms with Gasteiger partial charge in [0.15, 0.2) is 0 Å². The van der Waals surface area contributed by atoms with Crippen LogP contribution in [0.15, 0.2) is 0 Å². The van der Waals surface area contributed by atoms with E-state index in [0.717, 1.165) is 51.3 Å². The lowest BCUT2D eigenvalue weighted by Gasteiger charge is -2.34. The van der Waals surface area contributed by atoms with Gasteiger partial charge in [-0.1, -0.05) is 13.8 Å². The fourth-order valence-corrected chi connectivity index (χ4v) is 3.89. The van der Waals surface area contributed by atoms with E-state index in [1.807, 2.05) is 16.7 Å². The molecule has 1 N–H and O–H groups in total. The van der Waals surface area contributed by atoms with Gasteiger partial charge < -0.3 is 15.0 Å². The molecule has 4 nitrogen and oxygen atoms in total. The molecule has 0 spiro atoms. The monoisotopic (exact) mass is 286 g/mol. The van der Waals surface area contributed by atoms with Crippen molar-refractivity contribution in [1.29, 1.82) is 0 Å². The average Bonchev–Trinajstić information content (AvgIpc) is 2.92. The third-order valence-corrected chi connectivity index (χ3v) is 5.43. The first-order valence-electron chi connectivity index (χ1n) is 7.43. The van der Waals surface area contributed by atoms with Crippen molar-refractivity contribution in [3.8, 4) is 0 Å². The maximum absolute atomic E-state index is 12.1. The molecule has 2 atom stereocenters. The van der Waals surface area contributed by atoms with Crippen LogP contribution in [0.2, 0.25) is 0 Å². The minimum atomic E-state index is 0.101. The van der Waals surface area contributed by atoms with Crippen molar-refractivity contribution in [2.75, 3.05) is 32.0 Å². The lowest BCUT2D eigenvalue weighted by Crippen LogP contribution is -2.48. The van der Waals surface area contributed by atoms with Crippen LogP contribution in [0.25, 0.3) is 0 Å². The van der Waals surface area contributed by atoms with Crippen molar-refractivity contribution in [2.45, 2.75) is 44.5 Å². The summed E-state index contributed by atoms with van der Waals surface area (Å²) in [5, 5.41) is 3.62. The number of nitrogens with zero attached hydrogens (tertiary/aromatic N) is 1. The molecule has 110 valence electrons. The zero-order valence-corrected chi connectivity index (χ0v) is 12.9. The molecule has 0 aliphatic carbocycles. The van der Waals surface area contributed by atoms with E-state index in [1.54, 1.807) is 0 Å². The highest BCUT2D eigenvalue weighted by Crippen LogP contribution is 2.24. The Kier molecular flexibility index (Phi) is 5.82. The zero-order chi connectivity index (χ0) is 13.7. The van der Waals surface area contributed by atoms with Gasteiger partial charge in [0.25, 0.3) is 0 Å². The molecule has 0 aromatic carbocycles. The first-order chi connectivity index (χ1) is 9.16. The highest BCUT2D eigenvalue weighted by atomic mass is 32.2. The quantitative estimate of drug-likeness (QED) is 0.862. The Bertz CT molecular complexity index is 293. The minimum absolute atomic E-state index is 0.101. The zero-order valence-electron chi connectivity index (χ0n) is 12.1. The number of carbonyl (C=O) groups excluding carboxylic acids is 1. The van der Waals surface area contributed by atoms with Crippen LogP contribution in [0, 0.1) is 5.92 Å². The van der Waals surface area contributed by atoms with Crippen LogP contribution in [0.3, 0.4) is 0 Å². The standard InChI is InChI=1S/C14H26N2O2S/c1-11(2)13-10-16(7-9-19-13)14(17)15-6-5-12-4-3-8-18-12/h11-13H,3-10H2,1-2H3,(H,15,17)/t12-,13+/m1/s1. The van der Waals surface area contributed by atoms with Gasteiger partial charge in [0.05, 0.1) is 6.10 Å². The molecule has 5 heteroatoms. The number of ether oxygens (including phenoxy) is 1. The number of urea groups is 1. The van der Waals surface area contributed by atoms with Gasteiger partial charge in [-0.05, 0) is 25.2 Å². The van der Waals surface area contributed by atoms with Crippen molar-refractivity contribution in [1.82, 2.24) is 10.2 Å². The largest absolute Gasteiger partial charge is 0.378 e. The van der Waals surface area contributed by atoms with Crippen LogP contribution in [0.5, 0.6) is 0 Å². The van der Waals surface area contributed by atoms with E-state index >= 15 is 0 Å². The summed E-state index contributed by atoms with van der Waals surface area (Å²) < 4.78 is 5.56. The van der Waals surface area contributed by atoms with Crippen LogP contribution in [0.4, 0.5) is 4.79 Å². The summed E-state index contributed by atoms with van der Waals surface area (Å²) >= 11 is 2.00. The summed E-state index contributed by atoms with van der Waals surface area (Å²) in [6.45, 7) is 7.85. The molecular weight excluding hydrogens is 260 g/mol. The van der Waals surface area contributed by atoms with Crippen molar-refractivity contribution in [2.24, 2.45) is 5.92 Å². The first kappa shape index (κ1) is 15.0. The highest BCUT2D eigenvalue weighted by molar-refractivity contribution is 8.00. The van der Waals surface area contributed by atoms with E-state index in [0.29, 0.717) is 17.3 Å². The van der Waals surface area contributed by atoms with E-state index in [2.05, 4.69) is 19.2 Å². The van der Waals surface area contributed by atoms with Crippen LogP contribution in [-0.2, 0) is 4.74 Å². The second kappa shape index (κ2) is 7.39. The van der Waals surface area contributed by atoms with Gasteiger partial charge in [-0.15, -0.1) is 0 Å². The average molecular weight is 286 g/mol. The predicted octanol–water partition coefficient (Wildman–Crippen LogP) is 2.34. The van der Waals surface area contributed by atoms with Gasteiger partial charge in [-0.25, -0.2) is 4.79 Å². The van der Waals surface area contributed by atoms with Crippen LogP contribution in [0.1, 0.15) is 33.1 Å². The molecule has 2 aliphatic heterocycles. The van der Waals surface area contributed by atoms with Gasteiger partial charge in [-0.2, -0.15) is 11.8 Å². The molecule has 0 bridgehead atoms. The lowest BCUT2D eigenvalue weighted by molar-refractivity contribution is 0.104. The Morgan fingerprint density at radius 1 is 1.53 bits per heavy atom. The molecule has 2 aliphatic rings. The molecule has 0 unspecified atom stereocenters. The fourth-order valence-electron chi connectivity index (χ4n) is 2.59. The summed E-state index contributed by atoms with van der Waals surface area (Å²) in [6.07, 6.45) is 3.62. The molecule has 2 rings (SSSR count). The molecule has 0 aromatic heterocycles. The molecule has 19 heavy (non-hydrogen) atoms. The maximum Gasteiger partial charge on any atom is 0.317 e. The van der Waals surface area contributed by atoms with Gasteiger partial charge in [0, 0.05) is 37.2 Å². The second-order valence-corrected chi connectivity index (χ2v) is 7.10. The van der Waals surface area contributed by atoms with E-state index in [4.69, 9.17) is 4.74 Å². The van der Waals surface area contributed by atoms with Crippen molar-refractivity contribution >= 4 is 17.8 Å². The predicted molar refractivity (Wildman–Crippen MR) is 79.6 cm³/mol. The van der Waals surface area contributed by atoms with Crippen molar-refractivity contribution in [3.05, 3.63) is 0 Å². The molecular formula is C14H26N2O2S. The molecule has 0 saturated carbocycles. The van der Waals surface area contributed by atoms with E-state index in [1.165, 1.54) is 0 Å². The summed E-state index contributed by atoms with van der Waals surface area (Å²) in [4.78, 5) is 14.1. The summed E-state index contributed by atoms with van der Waals surface area (Å²) in [6, 6.07) is 0.101. The number of thioether (sulfide) groups is 1. The molecule has 0 aromatic rings. The summed E-state index contributed by atoms with van der Waals surface area (Å²) in [5.74, 6) is 1.69. The smallest absolute Gasteiger partial charge is 0.317 e. The Balaban J connectivity index is 1.67. The first-order valence-corrected chi connectivity index (χ1v) is 8.47. The topological polar surface area (TPSA) is 41.6 Å². The Morgan fingerprint density at radius 2 is 2.37 bits per heavy atom. The highest BCUT2D eigenvalue weighted by Gasteiger charge is 2.26. The number of hydrogen-bond donors (Lipinski definition) is 1. The Labute approximate surface area is 120 Å². The molecule has 2 heterocycles. The number of hydrogen-bond acceptors (Lipinski definition) is 3. The third-order valence-electron chi connectivity index (χ3n) is 3.89. The number of carbonyl (C=O) groups is 1. The van der Waals surface area contributed by atoms with Crippen molar-refractivity contribution in [3.63, 3.8) is 0 Å². The number of rotatable bonds is 4. The maximum atomic E-state index is 12.1. The normalized spacial score (nSPS) is 27.8. The number of amides is 2. The Hall–Kier alpha value is -0.420. The molecule has 2 saturated heterocycles. The third kappa shape index (κ3) is 4.56. The van der Waals surface area contributed by atoms with Crippen LogP contribution < -0.4 is 5.32 Å². The van der Waals surface area contributed by atoms with E-state index < -0.39 is 0 Å².